The standard InChI is InChI=1S/C14H12F2N2O/c1-9(10-4-6-17-7-5-10)18-14(19)12-8-11(15)2-3-13(12)16/h2-9H,1H3,(H,18,19)/t9-/m0/s1. The maximum Gasteiger partial charge on any atom is 0.254 e. The van der Waals surface area contributed by atoms with Gasteiger partial charge in [0, 0.05) is 12.4 Å². The highest BCUT2D eigenvalue weighted by molar-refractivity contribution is 5.94. The van der Waals surface area contributed by atoms with Crippen molar-refractivity contribution in [2.75, 3.05) is 0 Å². The summed E-state index contributed by atoms with van der Waals surface area (Å²) in [5.74, 6) is -2.05. The molecule has 0 bridgehead atoms. The van der Waals surface area contributed by atoms with Crippen molar-refractivity contribution < 1.29 is 13.6 Å². The summed E-state index contributed by atoms with van der Waals surface area (Å²) in [6, 6.07) is 5.95. The molecule has 0 saturated carbocycles. The van der Waals surface area contributed by atoms with Crippen molar-refractivity contribution in [3.63, 3.8) is 0 Å². The highest BCUT2D eigenvalue weighted by Gasteiger charge is 2.15. The minimum absolute atomic E-state index is 0.305. The fraction of sp³-hybridized carbons (Fsp3) is 0.143. The van der Waals surface area contributed by atoms with E-state index in [4.69, 9.17) is 0 Å². The van der Waals surface area contributed by atoms with Gasteiger partial charge in [-0.1, -0.05) is 0 Å². The Balaban J connectivity index is 2.15. The van der Waals surface area contributed by atoms with Crippen molar-refractivity contribution in [1.29, 1.82) is 0 Å². The van der Waals surface area contributed by atoms with Gasteiger partial charge in [0.25, 0.3) is 5.91 Å². The Kier molecular flexibility index (Phi) is 3.85. The van der Waals surface area contributed by atoms with Gasteiger partial charge < -0.3 is 5.32 Å². The molecule has 98 valence electrons. The molecule has 19 heavy (non-hydrogen) atoms. The van der Waals surface area contributed by atoms with E-state index in [0.717, 1.165) is 23.8 Å². The molecule has 1 N–H and O–H groups in total. The molecular formula is C14H12F2N2O. The van der Waals surface area contributed by atoms with Gasteiger partial charge in [0.1, 0.15) is 11.6 Å². The van der Waals surface area contributed by atoms with Crippen molar-refractivity contribution in [1.82, 2.24) is 10.3 Å². The van der Waals surface area contributed by atoms with Crippen LogP contribution in [-0.4, -0.2) is 10.9 Å². The lowest BCUT2D eigenvalue weighted by molar-refractivity contribution is 0.0935. The van der Waals surface area contributed by atoms with E-state index in [1.807, 2.05) is 0 Å². The predicted octanol–water partition coefficient (Wildman–Crippen LogP) is 2.85. The number of carbonyl (C=O) groups excluding carboxylic acids is 1. The van der Waals surface area contributed by atoms with E-state index in [1.165, 1.54) is 0 Å². The number of aromatic nitrogens is 1. The van der Waals surface area contributed by atoms with Gasteiger partial charge in [-0.25, -0.2) is 8.78 Å². The molecule has 0 spiro atoms. The smallest absolute Gasteiger partial charge is 0.254 e. The number of halogens is 2. The second-order valence-electron chi connectivity index (χ2n) is 4.10. The SMILES string of the molecule is C[C@H](NC(=O)c1cc(F)ccc1F)c1ccncc1. The first-order valence-corrected chi connectivity index (χ1v) is 5.74. The highest BCUT2D eigenvalue weighted by atomic mass is 19.1. The van der Waals surface area contributed by atoms with Crippen LogP contribution in [0.5, 0.6) is 0 Å². The maximum absolute atomic E-state index is 13.4. The highest BCUT2D eigenvalue weighted by Crippen LogP contribution is 2.14. The molecule has 0 aliphatic rings. The molecule has 3 nitrogen and oxygen atoms in total. The Hall–Kier alpha value is -2.30. The minimum atomic E-state index is -0.749. The van der Waals surface area contributed by atoms with E-state index >= 15 is 0 Å². The third-order valence-corrected chi connectivity index (χ3v) is 2.73. The fourth-order valence-electron chi connectivity index (χ4n) is 1.68. The van der Waals surface area contributed by atoms with Crippen LogP contribution in [0.15, 0.2) is 42.7 Å². The van der Waals surface area contributed by atoms with E-state index in [0.29, 0.717) is 0 Å². The van der Waals surface area contributed by atoms with Gasteiger partial charge in [0.2, 0.25) is 0 Å². The molecular weight excluding hydrogens is 250 g/mol. The van der Waals surface area contributed by atoms with E-state index in [2.05, 4.69) is 10.3 Å². The topological polar surface area (TPSA) is 42.0 Å². The molecule has 1 heterocycles. The van der Waals surface area contributed by atoms with Gasteiger partial charge in [-0.3, -0.25) is 9.78 Å². The number of nitrogens with zero attached hydrogens (tertiary/aromatic N) is 1. The van der Waals surface area contributed by atoms with Crippen LogP contribution in [0.25, 0.3) is 0 Å². The van der Waals surface area contributed by atoms with Gasteiger partial charge in [0.05, 0.1) is 11.6 Å². The summed E-state index contributed by atoms with van der Waals surface area (Å²) in [5.41, 5.74) is 0.529. The van der Waals surface area contributed by atoms with Gasteiger partial charge in [-0.15, -0.1) is 0 Å². The third kappa shape index (κ3) is 3.13. The van der Waals surface area contributed by atoms with Gasteiger partial charge in [-0.2, -0.15) is 0 Å². The predicted molar refractivity (Wildman–Crippen MR) is 66.5 cm³/mol. The van der Waals surface area contributed by atoms with Crippen molar-refractivity contribution in [2.24, 2.45) is 0 Å². The summed E-state index contributed by atoms with van der Waals surface area (Å²) in [4.78, 5) is 15.7. The average Bonchev–Trinajstić information content (AvgIpc) is 2.42. The Morgan fingerprint density at radius 2 is 1.89 bits per heavy atom. The van der Waals surface area contributed by atoms with Crippen LogP contribution in [0.4, 0.5) is 8.78 Å². The summed E-state index contributed by atoms with van der Waals surface area (Å²) in [5, 5.41) is 2.61. The summed E-state index contributed by atoms with van der Waals surface area (Å²) in [6.45, 7) is 1.75. The van der Waals surface area contributed by atoms with Gasteiger partial charge >= 0.3 is 0 Å². The molecule has 0 radical (unpaired) electrons. The van der Waals surface area contributed by atoms with E-state index < -0.39 is 17.5 Å². The van der Waals surface area contributed by atoms with Crippen LogP contribution in [0, 0.1) is 11.6 Å². The molecule has 1 aromatic carbocycles. The van der Waals surface area contributed by atoms with Gasteiger partial charge in [0.15, 0.2) is 0 Å². The Morgan fingerprint density at radius 3 is 2.58 bits per heavy atom. The first-order valence-electron chi connectivity index (χ1n) is 5.74. The second-order valence-corrected chi connectivity index (χ2v) is 4.10. The molecule has 0 unspecified atom stereocenters. The van der Waals surface area contributed by atoms with Crippen LogP contribution >= 0.6 is 0 Å². The van der Waals surface area contributed by atoms with Crippen molar-refractivity contribution >= 4 is 5.91 Å². The Labute approximate surface area is 109 Å². The van der Waals surface area contributed by atoms with Crippen LogP contribution in [-0.2, 0) is 0 Å². The fourth-order valence-corrected chi connectivity index (χ4v) is 1.68. The number of nitrogens with one attached hydrogen (secondary N) is 1. The summed E-state index contributed by atoms with van der Waals surface area (Å²) >= 11 is 0. The van der Waals surface area contributed by atoms with Crippen molar-refractivity contribution in [3.05, 3.63) is 65.5 Å². The largest absolute Gasteiger partial charge is 0.345 e. The quantitative estimate of drug-likeness (QED) is 0.924. The number of rotatable bonds is 3. The zero-order chi connectivity index (χ0) is 13.8. The number of carbonyl (C=O) groups is 1. The second kappa shape index (κ2) is 5.56. The zero-order valence-electron chi connectivity index (χ0n) is 10.2. The lowest BCUT2D eigenvalue weighted by Crippen LogP contribution is -2.27. The van der Waals surface area contributed by atoms with Crippen LogP contribution in [0.3, 0.4) is 0 Å². The first kappa shape index (κ1) is 13.1. The molecule has 1 atom stereocenters. The number of hydrogen-bond donors (Lipinski definition) is 1. The first-order chi connectivity index (χ1) is 9.08. The van der Waals surface area contributed by atoms with Crippen molar-refractivity contribution in [2.45, 2.75) is 13.0 Å². The number of amides is 1. The van der Waals surface area contributed by atoms with Gasteiger partial charge in [-0.05, 0) is 42.8 Å². The Morgan fingerprint density at radius 1 is 1.21 bits per heavy atom. The molecule has 0 saturated heterocycles. The van der Waals surface area contributed by atoms with Crippen LogP contribution in [0.2, 0.25) is 0 Å². The maximum atomic E-state index is 13.4. The van der Waals surface area contributed by atoms with E-state index in [-0.39, 0.29) is 11.6 Å². The normalized spacial score (nSPS) is 11.9. The van der Waals surface area contributed by atoms with E-state index in [9.17, 15) is 13.6 Å². The summed E-state index contributed by atoms with van der Waals surface area (Å²) in [7, 11) is 0. The molecule has 5 heteroatoms. The van der Waals surface area contributed by atoms with Crippen LogP contribution < -0.4 is 5.32 Å². The molecule has 0 fully saturated rings. The lowest BCUT2D eigenvalue weighted by atomic mass is 10.1. The molecule has 0 aliphatic heterocycles. The average molecular weight is 262 g/mol. The minimum Gasteiger partial charge on any atom is -0.345 e. The molecule has 1 amide bonds. The molecule has 2 aromatic rings. The monoisotopic (exact) mass is 262 g/mol. The molecule has 0 aliphatic carbocycles. The number of pyridine rings is 1. The van der Waals surface area contributed by atoms with Crippen LogP contribution in [0.1, 0.15) is 28.9 Å². The zero-order valence-corrected chi connectivity index (χ0v) is 10.2. The third-order valence-electron chi connectivity index (χ3n) is 2.73. The molecule has 2 rings (SSSR count). The Bertz CT molecular complexity index is 587. The summed E-state index contributed by atoms with van der Waals surface area (Å²) < 4.78 is 26.4. The van der Waals surface area contributed by atoms with E-state index in [1.54, 1.807) is 31.5 Å². The lowest BCUT2D eigenvalue weighted by Gasteiger charge is -2.14. The summed E-state index contributed by atoms with van der Waals surface area (Å²) in [6.07, 6.45) is 3.20. The number of hydrogen-bond acceptors (Lipinski definition) is 2. The molecule has 1 aromatic heterocycles. The van der Waals surface area contributed by atoms with Crippen molar-refractivity contribution in [3.8, 4) is 0 Å². The number of benzene rings is 1.